The van der Waals surface area contributed by atoms with Crippen molar-refractivity contribution in [3.63, 3.8) is 0 Å². The van der Waals surface area contributed by atoms with Crippen molar-refractivity contribution < 1.29 is 14.3 Å². The van der Waals surface area contributed by atoms with Crippen LogP contribution in [0, 0.1) is 0 Å². The number of carbonyl (C=O) groups is 2. The molecule has 29 heavy (non-hydrogen) atoms. The molecule has 0 aliphatic carbocycles. The summed E-state index contributed by atoms with van der Waals surface area (Å²) in [5, 5.41) is 6.09. The van der Waals surface area contributed by atoms with Crippen LogP contribution in [0.15, 0.2) is 72.8 Å². The molecule has 5 nitrogen and oxygen atoms in total. The first-order chi connectivity index (χ1) is 13.9. The monoisotopic (exact) mass is 408 g/mol. The van der Waals surface area contributed by atoms with Gasteiger partial charge < -0.3 is 15.4 Å². The third-order valence-corrected chi connectivity index (χ3v) is 4.20. The van der Waals surface area contributed by atoms with Crippen molar-refractivity contribution in [2.75, 3.05) is 10.6 Å². The summed E-state index contributed by atoms with van der Waals surface area (Å²) < 4.78 is 5.71. The van der Waals surface area contributed by atoms with E-state index in [2.05, 4.69) is 10.6 Å². The molecule has 0 spiro atoms. The molecule has 3 rings (SSSR count). The van der Waals surface area contributed by atoms with Gasteiger partial charge in [-0.1, -0.05) is 35.9 Å². The molecule has 2 amide bonds. The number of benzene rings is 3. The molecule has 0 atom stereocenters. The van der Waals surface area contributed by atoms with Crippen LogP contribution in [0.25, 0.3) is 0 Å². The highest BCUT2D eigenvalue weighted by Crippen LogP contribution is 2.25. The smallest absolute Gasteiger partial charge is 0.259 e. The summed E-state index contributed by atoms with van der Waals surface area (Å²) in [6.07, 6.45) is -0.0840. The van der Waals surface area contributed by atoms with E-state index in [4.69, 9.17) is 16.3 Å². The van der Waals surface area contributed by atoms with Gasteiger partial charge in [0.25, 0.3) is 11.8 Å². The predicted molar refractivity (Wildman–Crippen MR) is 116 cm³/mol. The Morgan fingerprint density at radius 3 is 2.14 bits per heavy atom. The zero-order valence-electron chi connectivity index (χ0n) is 16.1. The minimum atomic E-state index is -0.352. The van der Waals surface area contributed by atoms with Crippen LogP contribution in [0.4, 0.5) is 11.4 Å². The normalized spacial score (nSPS) is 10.5. The van der Waals surface area contributed by atoms with Crippen molar-refractivity contribution in [2.24, 2.45) is 0 Å². The molecule has 0 aromatic heterocycles. The Hall–Kier alpha value is -3.31. The van der Waals surface area contributed by atoms with Crippen molar-refractivity contribution in [3.05, 3.63) is 88.9 Å². The molecule has 0 saturated carbocycles. The van der Waals surface area contributed by atoms with Crippen molar-refractivity contribution in [2.45, 2.75) is 20.0 Å². The molecule has 148 valence electrons. The largest absolute Gasteiger partial charge is 0.490 e. The number of halogens is 1. The van der Waals surface area contributed by atoms with E-state index in [-0.39, 0.29) is 17.9 Å². The third-order valence-electron chi connectivity index (χ3n) is 3.96. The number of ether oxygens (including phenoxy) is 1. The van der Waals surface area contributed by atoms with E-state index in [9.17, 15) is 9.59 Å². The van der Waals surface area contributed by atoms with Crippen LogP contribution in [0.5, 0.6) is 5.75 Å². The van der Waals surface area contributed by atoms with Gasteiger partial charge in [0.2, 0.25) is 0 Å². The van der Waals surface area contributed by atoms with Crippen molar-refractivity contribution >= 4 is 34.8 Å². The number of hydrogen-bond acceptors (Lipinski definition) is 3. The summed E-state index contributed by atoms with van der Waals surface area (Å²) in [5.41, 5.74) is 2.00. The van der Waals surface area contributed by atoms with Gasteiger partial charge in [-0.3, -0.25) is 9.59 Å². The molecule has 6 heteroatoms. The minimum absolute atomic E-state index is 0.0840. The van der Waals surface area contributed by atoms with Crippen LogP contribution >= 0.6 is 11.6 Å². The molecular weight excluding hydrogens is 388 g/mol. The van der Waals surface area contributed by atoms with E-state index in [1.807, 2.05) is 19.9 Å². The molecule has 3 aromatic rings. The van der Waals surface area contributed by atoms with Gasteiger partial charge in [-0.25, -0.2) is 0 Å². The maximum Gasteiger partial charge on any atom is 0.259 e. The van der Waals surface area contributed by atoms with Crippen LogP contribution in [0.3, 0.4) is 0 Å². The molecule has 0 fully saturated rings. The van der Waals surface area contributed by atoms with Gasteiger partial charge in [0.1, 0.15) is 5.75 Å². The summed E-state index contributed by atoms with van der Waals surface area (Å²) in [5.74, 6) is -0.123. The highest BCUT2D eigenvalue weighted by molar-refractivity contribution is 6.31. The lowest BCUT2D eigenvalue weighted by molar-refractivity contribution is 0.101. The summed E-state index contributed by atoms with van der Waals surface area (Å²) in [6.45, 7) is 3.77. The Balaban J connectivity index is 1.76. The molecule has 0 unspecified atom stereocenters. The quantitative estimate of drug-likeness (QED) is 0.555. The van der Waals surface area contributed by atoms with E-state index >= 15 is 0 Å². The van der Waals surface area contributed by atoms with Gasteiger partial charge >= 0.3 is 0 Å². The average Bonchev–Trinajstić information content (AvgIpc) is 2.70. The fraction of sp³-hybridized carbons (Fsp3) is 0.130. The number of carbonyl (C=O) groups excluding carboxylic acids is 2. The maximum absolute atomic E-state index is 12.8. The standard InChI is InChI=1S/C23H21ClN2O3/c1-15(2)29-21-12-11-17(24)13-20(21)23(28)26-19-10-6-9-18(14-19)25-22(27)16-7-4-3-5-8-16/h3-15H,1-2H3,(H,25,27)(H,26,28). The van der Waals surface area contributed by atoms with Crippen molar-refractivity contribution in [1.82, 2.24) is 0 Å². The second-order valence-corrected chi connectivity index (χ2v) is 7.10. The lowest BCUT2D eigenvalue weighted by Crippen LogP contribution is -2.16. The molecule has 0 heterocycles. The van der Waals surface area contributed by atoms with E-state index in [0.717, 1.165) is 0 Å². The molecule has 0 saturated heterocycles. The first-order valence-corrected chi connectivity index (χ1v) is 9.54. The van der Waals surface area contributed by atoms with Gasteiger partial charge in [0.15, 0.2) is 0 Å². The predicted octanol–water partition coefficient (Wildman–Crippen LogP) is 5.63. The molecule has 0 radical (unpaired) electrons. The Morgan fingerprint density at radius 2 is 1.48 bits per heavy atom. The Kier molecular flexibility index (Phi) is 6.52. The third kappa shape index (κ3) is 5.59. The van der Waals surface area contributed by atoms with Crippen LogP contribution in [-0.4, -0.2) is 17.9 Å². The van der Waals surface area contributed by atoms with E-state index < -0.39 is 0 Å². The Labute approximate surface area is 174 Å². The van der Waals surface area contributed by atoms with Crippen LogP contribution < -0.4 is 15.4 Å². The van der Waals surface area contributed by atoms with E-state index in [0.29, 0.717) is 33.3 Å². The molecule has 3 aromatic carbocycles. The van der Waals surface area contributed by atoms with Crippen LogP contribution in [-0.2, 0) is 0 Å². The fourth-order valence-electron chi connectivity index (χ4n) is 2.70. The lowest BCUT2D eigenvalue weighted by Gasteiger charge is -2.15. The van der Waals surface area contributed by atoms with Gasteiger partial charge in [-0.05, 0) is 62.4 Å². The lowest BCUT2D eigenvalue weighted by atomic mass is 10.1. The highest BCUT2D eigenvalue weighted by atomic mass is 35.5. The van der Waals surface area contributed by atoms with Crippen LogP contribution in [0.2, 0.25) is 5.02 Å². The maximum atomic E-state index is 12.8. The molecule has 0 bridgehead atoms. The van der Waals surface area contributed by atoms with E-state index in [1.165, 1.54) is 0 Å². The Morgan fingerprint density at radius 1 is 0.828 bits per heavy atom. The molecule has 2 N–H and O–H groups in total. The van der Waals surface area contributed by atoms with Crippen molar-refractivity contribution in [3.8, 4) is 5.75 Å². The summed E-state index contributed by atoms with van der Waals surface area (Å²) in [7, 11) is 0. The number of amides is 2. The molecule has 0 aliphatic heterocycles. The van der Waals surface area contributed by atoms with Gasteiger partial charge in [-0.2, -0.15) is 0 Å². The van der Waals surface area contributed by atoms with Crippen molar-refractivity contribution in [1.29, 1.82) is 0 Å². The molecular formula is C23H21ClN2O3. The van der Waals surface area contributed by atoms with Gasteiger partial charge in [-0.15, -0.1) is 0 Å². The second-order valence-electron chi connectivity index (χ2n) is 6.66. The first kappa shape index (κ1) is 20.4. The number of nitrogens with one attached hydrogen (secondary N) is 2. The zero-order valence-corrected chi connectivity index (χ0v) is 16.9. The topological polar surface area (TPSA) is 67.4 Å². The van der Waals surface area contributed by atoms with Crippen LogP contribution in [0.1, 0.15) is 34.6 Å². The van der Waals surface area contributed by atoms with E-state index in [1.54, 1.807) is 66.7 Å². The first-order valence-electron chi connectivity index (χ1n) is 9.16. The fourth-order valence-corrected chi connectivity index (χ4v) is 2.87. The number of rotatable bonds is 6. The zero-order chi connectivity index (χ0) is 20.8. The highest BCUT2D eigenvalue weighted by Gasteiger charge is 2.15. The second kappa shape index (κ2) is 9.26. The Bertz CT molecular complexity index is 1020. The SMILES string of the molecule is CC(C)Oc1ccc(Cl)cc1C(=O)Nc1cccc(NC(=O)c2ccccc2)c1. The average molecular weight is 409 g/mol. The van der Waals surface area contributed by atoms with Gasteiger partial charge in [0.05, 0.1) is 11.7 Å². The number of anilines is 2. The number of hydrogen-bond donors (Lipinski definition) is 2. The summed E-state index contributed by atoms with van der Waals surface area (Å²) >= 11 is 6.06. The summed E-state index contributed by atoms with van der Waals surface area (Å²) in [4.78, 5) is 25.1. The van der Waals surface area contributed by atoms with Gasteiger partial charge in [0, 0.05) is 22.0 Å². The summed E-state index contributed by atoms with van der Waals surface area (Å²) in [6, 6.07) is 20.8. The molecule has 0 aliphatic rings. The minimum Gasteiger partial charge on any atom is -0.490 e.